The molecule has 6 heterocycles. The zero-order valence-corrected chi connectivity index (χ0v) is 32.9. The van der Waals surface area contributed by atoms with Gasteiger partial charge in [-0.3, -0.25) is 9.78 Å². The van der Waals surface area contributed by atoms with Crippen molar-refractivity contribution in [2.45, 2.75) is 106 Å². The van der Waals surface area contributed by atoms with Crippen molar-refractivity contribution in [3.05, 3.63) is 64.1 Å². The standard InChI is InChI=1S/C41H54N6O12/c48-23-33-34(49)35(50)36(51)38(57-33)56-28-12-18-44(19-13-28)26-8-14-45(15-9-26)37(52)32(22-24-5-6-30-31(21-24)58-40(54)43-30)59-41(55)46-16-10-27(11-17-46)47-20-7-25-3-1-2-4-29(25)42-39(47)53/h1-6,21,26-28,32-36,38,48-51H,7-20,22-23H2,(H,42,53)(H,43,54)/t32-,33-,34-,35+,36+,38-/m1/s1. The summed E-state index contributed by atoms with van der Waals surface area (Å²) in [6, 6.07) is 13.0. The maximum absolute atomic E-state index is 14.2. The summed E-state index contributed by atoms with van der Waals surface area (Å²) in [6.07, 6.45) is -3.85. The fourth-order valence-electron chi connectivity index (χ4n) is 9.21. The van der Waals surface area contributed by atoms with Gasteiger partial charge in [-0.25, -0.2) is 14.4 Å². The first-order valence-corrected chi connectivity index (χ1v) is 20.8. The lowest BCUT2D eigenvalue weighted by Crippen LogP contribution is -2.60. The SMILES string of the molecule is O=C(O[C@H](Cc1ccc2[nH]c(=O)oc2c1)C(=O)N1CCC(N2CCC(O[C@@H]3O[C@H](CO)[C@@H](O)[C@H](O)[C@@H]3O)CC2)CC1)N1CCC(N2CCc3ccccc3NC2=O)CC1. The molecule has 0 unspecified atom stereocenters. The van der Waals surface area contributed by atoms with Gasteiger partial charge in [-0.05, 0) is 74.3 Å². The number of nitrogens with zero attached hydrogens (tertiary/aromatic N) is 4. The highest BCUT2D eigenvalue weighted by molar-refractivity contribution is 5.91. The second-order valence-corrected chi connectivity index (χ2v) is 16.3. The Hall–Kier alpha value is -4.56. The summed E-state index contributed by atoms with van der Waals surface area (Å²) < 4.78 is 22.8. The molecule has 4 saturated heterocycles. The predicted molar refractivity (Wildman–Crippen MR) is 210 cm³/mol. The van der Waals surface area contributed by atoms with Crippen molar-refractivity contribution in [2.75, 3.05) is 57.7 Å². The normalized spacial score (nSPS) is 27.3. The van der Waals surface area contributed by atoms with E-state index >= 15 is 0 Å². The number of oxazole rings is 1. The van der Waals surface area contributed by atoms with E-state index < -0.39 is 55.3 Å². The Morgan fingerprint density at radius 3 is 2.29 bits per heavy atom. The van der Waals surface area contributed by atoms with Crippen LogP contribution in [0.1, 0.15) is 49.7 Å². The Balaban J connectivity index is 0.857. The number of aromatic amines is 1. The van der Waals surface area contributed by atoms with Crippen LogP contribution in [0.15, 0.2) is 51.7 Å². The number of piperidine rings is 3. The molecule has 4 amide bonds. The van der Waals surface area contributed by atoms with Gasteiger partial charge in [-0.2, -0.15) is 0 Å². The van der Waals surface area contributed by atoms with Crippen molar-refractivity contribution in [3.63, 3.8) is 0 Å². The number of aliphatic hydroxyl groups excluding tert-OH is 4. The number of urea groups is 1. The largest absolute Gasteiger partial charge is 0.436 e. The predicted octanol–water partition coefficient (Wildman–Crippen LogP) is 0.995. The summed E-state index contributed by atoms with van der Waals surface area (Å²) in [6.45, 7) is 3.17. The van der Waals surface area contributed by atoms with Crippen LogP contribution in [-0.2, 0) is 31.8 Å². The molecule has 320 valence electrons. The molecule has 8 rings (SSSR count). The number of ether oxygens (including phenoxy) is 3. The lowest BCUT2D eigenvalue weighted by Gasteiger charge is -2.44. The number of para-hydroxylation sites is 1. The second kappa shape index (κ2) is 18.0. The number of likely N-dealkylation sites (tertiary alicyclic amines) is 3. The minimum absolute atomic E-state index is 0.0458. The molecule has 2 aromatic carbocycles. The molecule has 18 heteroatoms. The molecule has 0 spiro atoms. The molecule has 0 saturated carbocycles. The number of fused-ring (bicyclic) bond motifs is 2. The van der Waals surface area contributed by atoms with E-state index in [1.54, 1.807) is 28.0 Å². The zero-order valence-electron chi connectivity index (χ0n) is 32.9. The van der Waals surface area contributed by atoms with Gasteiger partial charge in [0, 0.05) is 70.0 Å². The molecule has 3 aromatic rings. The summed E-state index contributed by atoms with van der Waals surface area (Å²) in [5.74, 6) is -0.884. The molecule has 18 nitrogen and oxygen atoms in total. The number of nitrogens with one attached hydrogen (secondary N) is 2. The van der Waals surface area contributed by atoms with Gasteiger partial charge in [-0.15, -0.1) is 0 Å². The minimum Gasteiger partial charge on any atom is -0.436 e. The highest BCUT2D eigenvalue weighted by Gasteiger charge is 2.45. The first-order chi connectivity index (χ1) is 28.5. The maximum atomic E-state index is 14.2. The number of carbonyl (C=O) groups is 3. The lowest BCUT2D eigenvalue weighted by molar-refractivity contribution is -0.313. The quantitative estimate of drug-likeness (QED) is 0.177. The van der Waals surface area contributed by atoms with Gasteiger partial charge >= 0.3 is 17.9 Å². The number of aromatic nitrogens is 1. The van der Waals surface area contributed by atoms with E-state index in [0.29, 0.717) is 101 Å². The molecular weight excluding hydrogens is 768 g/mol. The number of benzene rings is 2. The average molecular weight is 823 g/mol. The summed E-state index contributed by atoms with van der Waals surface area (Å²) in [5, 5.41) is 43.2. The van der Waals surface area contributed by atoms with Gasteiger partial charge in [0.15, 0.2) is 18.0 Å². The molecule has 0 aliphatic carbocycles. The molecular formula is C41H54N6O12. The highest BCUT2D eigenvalue weighted by atomic mass is 16.7. The third-order valence-electron chi connectivity index (χ3n) is 12.7. The molecule has 4 fully saturated rings. The molecule has 0 radical (unpaired) electrons. The second-order valence-electron chi connectivity index (χ2n) is 16.3. The van der Waals surface area contributed by atoms with Gasteiger partial charge in [0.1, 0.15) is 24.4 Å². The van der Waals surface area contributed by atoms with Crippen molar-refractivity contribution in [2.24, 2.45) is 0 Å². The van der Waals surface area contributed by atoms with Crippen LogP contribution in [0.3, 0.4) is 0 Å². The van der Waals surface area contributed by atoms with Crippen LogP contribution in [0.5, 0.6) is 0 Å². The molecule has 0 bridgehead atoms. The van der Waals surface area contributed by atoms with Crippen LogP contribution in [0.2, 0.25) is 0 Å². The van der Waals surface area contributed by atoms with E-state index in [9.17, 15) is 39.6 Å². The van der Waals surface area contributed by atoms with Crippen molar-refractivity contribution < 1.29 is 53.4 Å². The first kappa shape index (κ1) is 41.2. The van der Waals surface area contributed by atoms with Crippen LogP contribution in [0.25, 0.3) is 11.1 Å². The lowest BCUT2D eigenvalue weighted by atomic mass is 9.97. The van der Waals surface area contributed by atoms with Gasteiger partial charge in [-0.1, -0.05) is 24.3 Å². The number of amides is 4. The molecule has 6 atom stereocenters. The summed E-state index contributed by atoms with van der Waals surface area (Å²) in [7, 11) is 0. The van der Waals surface area contributed by atoms with E-state index in [4.69, 9.17) is 18.6 Å². The Bertz CT molecular complexity index is 2000. The Labute approximate surface area is 340 Å². The zero-order chi connectivity index (χ0) is 41.2. The van der Waals surface area contributed by atoms with E-state index in [2.05, 4.69) is 15.2 Å². The maximum Gasteiger partial charge on any atom is 0.417 e. The fraction of sp³-hybridized carbons (Fsp3) is 0.610. The monoisotopic (exact) mass is 822 g/mol. The van der Waals surface area contributed by atoms with E-state index in [1.165, 1.54) is 0 Å². The topological polar surface area (TPSA) is 231 Å². The number of hydrogen-bond acceptors (Lipinski definition) is 13. The number of aliphatic hydroxyl groups is 4. The fourth-order valence-corrected chi connectivity index (χ4v) is 9.21. The third-order valence-corrected chi connectivity index (χ3v) is 12.7. The number of H-pyrrole nitrogens is 1. The summed E-state index contributed by atoms with van der Waals surface area (Å²) in [4.78, 5) is 63.2. The molecule has 5 aliphatic heterocycles. The van der Waals surface area contributed by atoms with Crippen LogP contribution in [0, 0.1) is 0 Å². The van der Waals surface area contributed by atoms with Crippen LogP contribution in [-0.4, -0.2) is 170 Å². The van der Waals surface area contributed by atoms with E-state index in [-0.39, 0.29) is 36.5 Å². The molecule has 6 N–H and O–H groups in total. The van der Waals surface area contributed by atoms with Crippen molar-refractivity contribution >= 4 is 34.8 Å². The summed E-state index contributed by atoms with van der Waals surface area (Å²) in [5.41, 5.74) is 3.44. The van der Waals surface area contributed by atoms with E-state index in [0.717, 1.165) is 17.7 Å². The van der Waals surface area contributed by atoms with Crippen molar-refractivity contribution in [3.8, 4) is 0 Å². The van der Waals surface area contributed by atoms with Gasteiger partial charge in [0.25, 0.3) is 5.91 Å². The number of anilines is 1. The molecule has 5 aliphatic rings. The highest BCUT2D eigenvalue weighted by Crippen LogP contribution is 2.29. The van der Waals surface area contributed by atoms with Gasteiger partial charge < -0.3 is 64.0 Å². The number of carbonyl (C=O) groups excluding carboxylic acids is 3. The van der Waals surface area contributed by atoms with Gasteiger partial charge in [0.2, 0.25) is 0 Å². The molecule has 59 heavy (non-hydrogen) atoms. The smallest absolute Gasteiger partial charge is 0.417 e. The first-order valence-electron chi connectivity index (χ1n) is 20.8. The minimum atomic E-state index is -1.50. The Kier molecular flexibility index (Phi) is 12.5. The Morgan fingerprint density at radius 2 is 1.54 bits per heavy atom. The van der Waals surface area contributed by atoms with Crippen molar-refractivity contribution in [1.82, 2.24) is 24.6 Å². The number of hydrogen-bond donors (Lipinski definition) is 6. The van der Waals surface area contributed by atoms with Gasteiger partial charge in [0.05, 0.1) is 18.2 Å². The van der Waals surface area contributed by atoms with Crippen molar-refractivity contribution in [1.29, 1.82) is 0 Å². The Morgan fingerprint density at radius 1 is 0.831 bits per heavy atom. The van der Waals surface area contributed by atoms with Crippen LogP contribution < -0.4 is 11.1 Å². The van der Waals surface area contributed by atoms with Crippen LogP contribution >= 0.6 is 0 Å². The van der Waals surface area contributed by atoms with E-state index in [1.807, 2.05) is 29.2 Å². The third kappa shape index (κ3) is 9.13. The summed E-state index contributed by atoms with van der Waals surface area (Å²) >= 11 is 0. The number of rotatable bonds is 9. The molecule has 1 aromatic heterocycles. The van der Waals surface area contributed by atoms with Crippen LogP contribution in [0.4, 0.5) is 15.3 Å². The average Bonchev–Trinajstić information content (AvgIpc) is 3.54.